The smallest absolute Gasteiger partial charge is 0.142 e. The van der Waals surface area contributed by atoms with Gasteiger partial charge < -0.3 is 15.0 Å². The number of rotatable bonds is 5. The van der Waals surface area contributed by atoms with Crippen LogP contribution in [0.15, 0.2) is 24.3 Å². The predicted octanol–water partition coefficient (Wildman–Crippen LogP) is 3.05. The van der Waals surface area contributed by atoms with E-state index in [1.165, 1.54) is 18.5 Å². The number of hydrogen-bond acceptors (Lipinski definition) is 3. The summed E-state index contributed by atoms with van der Waals surface area (Å²) < 4.78 is 5.88. The van der Waals surface area contributed by atoms with Crippen molar-refractivity contribution in [2.45, 2.75) is 45.2 Å². The van der Waals surface area contributed by atoms with Crippen LogP contribution < -0.4 is 15.0 Å². The Morgan fingerprint density at radius 1 is 1.30 bits per heavy atom. The molecule has 3 rings (SSSR count). The summed E-state index contributed by atoms with van der Waals surface area (Å²) in [7, 11) is 0. The third kappa shape index (κ3) is 3.09. The van der Waals surface area contributed by atoms with Crippen molar-refractivity contribution in [3.63, 3.8) is 0 Å². The van der Waals surface area contributed by atoms with E-state index in [-0.39, 0.29) is 0 Å². The van der Waals surface area contributed by atoms with Crippen molar-refractivity contribution < 1.29 is 4.74 Å². The lowest BCUT2D eigenvalue weighted by molar-refractivity contribution is 0.321. The Morgan fingerprint density at radius 3 is 2.85 bits per heavy atom. The molecule has 0 spiro atoms. The molecule has 1 fully saturated rings. The zero-order valence-electron chi connectivity index (χ0n) is 12.6. The highest BCUT2D eigenvalue weighted by Crippen LogP contribution is 2.33. The maximum Gasteiger partial charge on any atom is 0.142 e. The first kappa shape index (κ1) is 13.7. The normalized spacial score (nSPS) is 20.2. The average molecular weight is 274 g/mol. The number of ether oxygens (including phenoxy) is 1. The van der Waals surface area contributed by atoms with Crippen LogP contribution in [0.25, 0.3) is 0 Å². The molecule has 1 aromatic rings. The quantitative estimate of drug-likeness (QED) is 0.893. The van der Waals surface area contributed by atoms with Gasteiger partial charge in [-0.2, -0.15) is 0 Å². The second-order valence-corrected chi connectivity index (χ2v) is 6.36. The number of nitrogens with one attached hydrogen (secondary N) is 1. The van der Waals surface area contributed by atoms with Gasteiger partial charge in [0.05, 0.1) is 12.3 Å². The Labute approximate surface area is 122 Å². The van der Waals surface area contributed by atoms with E-state index in [0.29, 0.717) is 12.0 Å². The van der Waals surface area contributed by atoms with E-state index in [0.717, 1.165) is 37.9 Å². The first-order valence-corrected chi connectivity index (χ1v) is 7.97. The van der Waals surface area contributed by atoms with E-state index in [2.05, 4.69) is 48.3 Å². The number of para-hydroxylation sites is 2. The third-order valence-corrected chi connectivity index (χ3v) is 4.34. The number of benzene rings is 1. The molecule has 20 heavy (non-hydrogen) atoms. The van der Waals surface area contributed by atoms with Crippen LogP contribution in [0, 0.1) is 5.92 Å². The van der Waals surface area contributed by atoms with Crippen molar-refractivity contribution in [1.29, 1.82) is 0 Å². The highest BCUT2D eigenvalue weighted by atomic mass is 16.5. The largest absolute Gasteiger partial charge is 0.491 e. The van der Waals surface area contributed by atoms with Gasteiger partial charge in [-0.3, -0.25) is 0 Å². The predicted molar refractivity (Wildman–Crippen MR) is 83.6 cm³/mol. The molecule has 0 saturated heterocycles. The molecular formula is C17H26N2O. The van der Waals surface area contributed by atoms with Crippen LogP contribution in [-0.4, -0.2) is 31.8 Å². The molecule has 1 unspecified atom stereocenters. The lowest BCUT2D eigenvalue weighted by Crippen LogP contribution is -2.46. The Balaban J connectivity index is 1.80. The fourth-order valence-electron chi connectivity index (χ4n) is 2.98. The molecule has 3 nitrogen and oxygen atoms in total. The average Bonchev–Trinajstić information content (AvgIpc) is 3.26. The molecule has 1 aliphatic heterocycles. The standard InChI is InChI=1S/C17H26N2O/c1-13(2)16(12-18-14-8-9-14)19-10-5-11-20-17-7-4-3-6-15(17)19/h3-4,6-7,13-14,16,18H,5,8-12H2,1-2H3. The Kier molecular flexibility index (Phi) is 4.16. The van der Waals surface area contributed by atoms with Crippen LogP contribution in [0.1, 0.15) is 33.1 Å². The fraction of sp³-hybridized carbons (Fsp3) is 0.647. The van der Waals surface area contributed by atoms with Crippen LogP contribution in [0.4, 0.5) is 5.69 Å². The monoisotopic (exact) mass is 274 g/mol. The SMILES string of the molecule is CC(C)C(CNC1CC1)N1CCCOc2ccccc21. The van der Waals surface area contributed by atoms with E-state index in [1.54, 1.807) is 0 Å². The lowest BCUT2D eigenvalue weighted by Gasteiger charge is -2.36. The van der Waals surface area contributed by atoms with E-state index < -0.39 is 0 Å². The fourth-order valence-corrected chi connectivity index (χ4v) is 2.98. The van der Waals surface area contributed by atoms with Crippen molar-refractivity contribution in [2.75, 3.05) is 24.6 Å². The van der Waals surface area contributed by atoms with Crippen LogP contribution in [0.5, 0.6) is 5.75 Å². The summed E-state index contributed by atoms with van der Waals surface area (Å²) in [5.41, 5.74) is 1.27. The van der Waals surface area contributed by atoms with E-state index in [9.17, 15) is 0 Å². The second-order valence-electron chi connectivity index (χ2n) is 6.36. The summed E-state index contributed by atoms with van der Waals surface area (Å²) in [6.45, 7) is 7.65. The summed E-state index contributed by atoms with van der Waals surface area (Å²) in [4.78, 5) is 2.56. The summed E-state index contributed by atoms with van der Waals surface area (Å²) in [5.74, 6) is 1.68. The van der Waals surface area contributed by atoms with Gasteiger partial charge in [-0.05, 0) is 37.3 Å². The van der Waals surface area contributed by atoms with Crippen LogP contribution in [-0.2, 0) is 0 Å². The molecule has 2 aliphatic rings. The minimum absolute atomic E-state index is 0.540. The molecule has 110 valence electrons. The maximum absolute atomic E-state index is 5.88. The highest BCUT2D eigenvalue weighted by molar-refractivity contribution is 5.59. The Morgan fingerprint density at radius 2 is 2.10 bits per heavy atom. The van der Waals surface area contributed by atoms with Gasteiger partial charge >= 0.3 is 0 Å². The second kappa shape index (κ2) is 6.04. The first-order valence-electron chi connectivity index (χ1n) is 7.97. The molecule has 1 aromatic carbocycles. The van der Waals surface area contributed by atoms with Crippen LogP contribution >= 0.6 is 0 Å². The zero-order valence-corrected chi connectivity index (χ0v) is 12.6. The molecule has 0 radical (unpaired) electrons. The van der Waals surface area contributed by atoms with Gasteiger partial charge in [0, 0.05) is 25.2 Å². The van der Waals surface area contributed by atoms with Gasteiger partial charge in [-0.1, -0.05) is 26.0 Å². The molecule has 1 N–H and O–H groups in total. The zero-order chi connectivity index (χ0) is 13.9. The molecule has 1 aliphatic carbocycles. The van der Waals surface area contributed by atoms with Gasteiger partial charge in [-0.25, -0.2) is 0 Å². The molecule has 3 heteroatoms. The molecule has 1 heterocycles. The number of hydrogen-bond donors (Lipinski definition) is 1. The van der Waals surface area contributed by atoms with E-state index in [1.807, 2.05) is 0 Å². The summed E-state index contributed by atoms with van der Waals surface area (Å²) in [5, 5.41) is 3.70. The van der Waals surface area contributed by atoms with E-state index >= 15 is 0 Å². The van der Waals surface area contributed by atoms with Crippen molar-refractivity contribution in [1.82, 2.24) is 5.32 Å². The van der Waals surface area contributed by atoms with Gasteiger partial charge in [0.2, 0.25) is 0 Å². The topological polar surface area (TPSA) is 24.5 Å². The minimum Gasteiger partial charge on any atom is -0.491 e. The van der Waals surface area contributed by atoms with Crippen LogP contribution in [0.2, 0.25) is 0 Å². The molecule has 1 saturated carbocycles. The summed E-state index contributed by atoms with van der Waals surface area (Å²) in [6, 6.07) is 9.79. The lowest BCUT2D eigenvalue weighted by atomic mass is 10.0. The Bertz CT molecular complexity index is 442. The highest BCUT2D eigenvalue weighted by Gasteiger charge is 2.28. The van der Waals surface area contributed by atoms with Crippen molar-refractivity contribution in [2.24, 2.45) is 5.92 Å². The van der Waals surface area contributed by atoms with Gasteiger partial charge in [0.15, 0.2) is 0 Å². The minimum atomic E-state index is 0.540. The molecule has 1 atom stereocenters. The summed E-state index contributed by atoms with van der Waals surface area (Å²) >= 11 is 0. The molecule has 0 amide bonds. The number of fused-ring (bicyclic) bond motifs is 1. The first-order chi connectivity index (χ1) is 9.75. The van der Waals surface area contributed by atoms with E-state index in [4.69, 9.17) is 4.74 Å². The molecule has 0 bridgehead atoms. The van der Waals surface area contributed by atoms with Gasteiger partial charge in [0.1, 0.15) is 5.75 Å². The van der Waals surface area contributed by atoms with Gasteiger partial charge in [-0.15, -0.1) is 0 Å². The van der Waals surface area contributed by atoms with Crippen molar-refractivity contribution in [3.8, 4) is 5.75 Å². The number of nitrogens with zero attached hydrogens (tertiary/aromatic N) is 1. The maximum atomic E-state index is 5.88. The van der Waals surface area contributed by atoms with Gasteiger partial charge in [0.25, 0.3) is 0 Å². The third-order valence-electron chi connectivity index (χ3n) is 4.34. The number of anilines is 1. The summed E-state index contributed by atoms with van der Waals surface area (Å²) in [6.07, 6.45) is 3.80. The molecule has 0 aromatic heterocycles. The van der Waals surface area contributed by atoms with Crippen molar-refractivity contribution >= 4 is 5.69 Å². The van der Waals surface area contributed by atoms with Crippen molar-refractivity contribution in [3.05, 3.63) is 24.3 Å². The Hall–Kier alpha value is -1.22. The van der Waals surface area contributed by atoms with Crippen LogP contribution in [0.3, 0.4) is 0 Å². The molecular weight excluding hydrogens is 248 g/mol.